The van der Waals surface area contributed by atoms with Gasteiger partial charge >= 0.3 is 0 Å². The first-order valence-electron chi connectivity index (χ1n) is 12.5. The largest absolute Gasteiger partial charge is 0.483 e. The van der Waals surface area contributed by atoms with Gasteiger partial charge in [0.05, 0.1) is 0 Å². The number of hydrogen-bond acceptors (Lipinski definition) is 3. The third-order valence-electron chi connectivity index (χ3n) is 5.98. The fraction of sp³-hybridized carbons (Fsp3) is 0.333. The Bertz CT molecular complexity index is 1120. The average Bonchev–Trinajstić information content (AvgIpc) is 2.89. The molecule has 0 heterocycles. The molecule has 0 aliphatic heterocycles. The number of benzene rings is 3. The Morgan fingerprint density at radius 3 is 2.25 bits per heavy atom. The van der Waals surface area contributed by atoms with Crippen LogP contribution in [0.25, 0.3) is 0 Å². The van der Waals surface area contributed by atoms with Crippen molar-refractivity contribution in [3.05, 3.63) is 101 Å². The first-order valence-corrected chi connectivity index (χ1v) is 12.5. The van der Waals surface area contributed by atoms with Gasteiger partial charge in [-0.25, -0.2) is 4.39 Å². The second-order valence-corrected chi connectivity index (χ2v) is 9.13. The van der Waals surface area contributed by atoms with Crippen LogP contribution in [-0.4, -0.2) is 35.9 Å². The number of rotatable bonds is 12. The summed E-state index contributed by atoms with van der Waals surface area (Å²) in [5, 5.41) is 2.95. The summed E-state index contributed by atoms with van der Waals surface area (Å²) in [6.07, 6.45) is 1.14. The topological polar surface area (TPSA) is 58.6 Å². The third kappa shape index (κ3) is 7.67. The number of carbonyl (C=O) groups excluding carboxylic acids is 2. The summed E-state index contributed by atoms with van der Waals surface area (Å²) >= 11 is 0. The molecule has 0 aliphatic rings. The van der Waals surface area contributed by atoms with Gasteiger partial charge < -0.3 is 15.0 Å². The molecule has 6 heteroatoms. The van der Waals surface area contributed by atoms with Crippen LogP contribution >= 0.6 is 0 Å². The first kappa shape index (κ1) is 26.9. The van der Waals surface area contributed by atoms with Crippen LogP contribution in [-0.2, 0) is 22.6 Å². The van der Waals surface area contributed by atoms with E-state index in [-0.39, 0.29) is 36.7 Å². The van der Waals surface area contributed by atoms with Crippen LogP contribution in [0, 0.1) is 5.82 Å². The predicted molar refractivity (Wildman–Crippen MR) is 140 cm³/mol. The minimum Gasteiger partial charge on any atom is -0.483 e. The second-order valence-electron chi connectivity index (χ2n) is 9.13. The zero-order chi connectivity index (χ0) is 25.9. The minimum atomic E-state index is -0.750. The maximum absolute atomic E-state index is 13.6. The van der Waals surface area contributed by atoms with E-state index in [0.29, 0.717) is 18.7 Å². The Balaban J connectivity index is 1.90. The van der Waals surface area contributed by atoms with Crippen molar-refractivity contribution in [2.24, 2.45) is 0 Å². The first-order chi connectivity index (χ1) is 17.4. The van der Waals surface area contributed by atoms with Crippen LogP contribution < -0.4 is 10.1 Å². The third-order valence-corrected chi connectivity index (χ3v) is 5.98. The van der Waals surface area contributed by atoms with Gasteiger partial charge in [0.1, 0.15) is 17.6 Å². The van der Waals surface area contributed by atoms with E-state index in [4.69, 9.17) is 4.74 Å². The molecule has 0 unspecified atom stereocenters. The van der Waals surface area contributed by atoms with Crippen LogP contribution in [0.15, 0.2) is 78.9 Å². The van der Waals surface area contributed by atoms with E-state index < -0.39 is 6.04 Å². The van der Waals surface area contributed by atoms with Crippen molar-refractivity contribution in [2.45, 2.75) is 52.1 Å². The van der Waals surface area contributed by atoms with Crippen molar-refractivity contribution in [1.82, 2.24) is 10.2 Å². The van der Waals surface area contributed by atoms with Crippen LogP contribution in [0.2, 0.25) is 0 Å². The van der Waals surface area contributed by atoms with Crippen LogP contribution in [0.1, 0.15) is 49.8 Å². The predicted octanol–water partition coefficient (Wildman–Crippen LogP) is 5.49. The zero-order valence-corrected chi connectivity index (χ0v) is 21.2. The van der Waals surface area contributed by atoms with E-state index >= 15 is 0 Å². The van der Waals surface area contributed by atoms with E-state index in [1.807, 2.05) is 61.5 Å². The quantitative estimate of drug-likeness (QED) is 0.365. The van der Waals surface area contributed by atoms with Crippen molar-refractivity contribution in [1.29, 1.82) is 0 Å². The van der Waals surface area contributed by atoms with Crippen molar-refractivity contribution >= 4 is 11.8 Å². The summed E-state index contributed by atoms with van der Waals surface area (Å²) < 4.78 is 19.5. The van der Waals surface area contributed by atoms with Gasteiger partial charge in [0, 0.05) is 19.5 Å². The number of nitrogens with zero attached hydrogens (tertiary/aromatic N) is 1. The molecule has 36 heavy (non-hydrogen) atoms. The highest BCUT2D eigenvalue weighted by Crippen LogP contribution is 2.26. The molecule has 0 saturated carbocycles. The summed E-state index contributed by atoms with van der Waals surface area (Å²) in [6.45, 7) is 6.58. The van der Waals surface area contributed by atoms with Gasteiger partial charge in [-0.15, -0.1) is 0 Å². The molecule has 0 bridgehead atoms. The molecule has 1 N–H and O–H groups in total. The summed E-state index contributed by atoms with van der Waals surface area (Å²) in [5.74, 6) is -0.00844. The van der Waals surface area contributed by atoms with Gasteiger partial charge in [0.15, 0.2) is 6.61 Å². The molecule has 3 rings (SSSR count). The summed E-state index contributed by atoms with van der Waals surface area (Å²) in [7, 11) is 0. The van der Waals surface area contributed by atoms with Gasteiger partial charge in [-0.2, -0.15) is 0 Å². The lowest BCUT2D eigenvalue weighted by Gasteiger charge is -2.31. The monoisotopic (exact) mass is 490 g/mol. The Kier molecular flexibility index (Phi) is 10.0. The number of nitrogens with one attached hydrogen (secondary N) is 1. The molecule has 1 atom stereocenters. The van der Waals surface area contributed by atoms with Gasteiger partial charge in [-0.05, 0) is 47.2 Å². The smallest absolute Gasteiger partial charge is 0.261 e. The van der Waals surface area contributed by atoms with Crippen LogP contribution in [0.4, 0.5) is 4.39 Å². The fourth-order valence-corrected chi connectivity index (χ4v) is 4.02. The number of carbonyl (C=O) groups is 2. The molecule has 0 spiro atoms. The molecule has 190 valence electrons. The number of ether oxygens (including phenoxy) is 1. The summed E-state index contributed by atoms with van der Waals surface area (Å²) in [4.78, 5) is 28.5. The molecular formula is C30H35FN2O3. The fourth-order valence-electron chi connectivity index (χ4n) is 4.02. The Morgan fingerprint density at radius 2 is 1.58 bits per heavy atom. The maximum Gasteiger partial charge on any atom is 0.261 e. The summed E-state index contributed by atoms with van der Waals surface area (Å²) in [5.41, 5.74) is 2.68. The van der Waals surface area contributed by atoms with Gasteiger partial charge in [0.2, 0.25) is 5.91 Å². The number of halogens is 1. The number of para-hydroxylation sites is 1. The Labute approximate surface area is 213 Å². The molecule has 0 aromatic heterocycles. The molecule has 3 aromatic carbocycles. The minimum absolute atomic E-state index is 0.158. The molecule has 0 fully saturated rings. The molecule has 0 radical (unpaired) electrons. The SMILES string of the molecule is CCCNC(=O)[C@@H](Cc1ccccc1)N(Cc1ccc(F)cc1)C(=O)COc1ccccc1C(C)C. The highest BCUT2D eigenvalue weighted by Gasteiger charge is 2.30. The second kappa shape index (κ2) is 13.4. The molecule has 5 nitrogen and oxygen atoms in total. The molecule has 3 aromatic rings. The van der Waals surface area contributed by atoms with Crippen molar-refractivity contribution < 1.29 is 18.7 Å². The van der Waals surface area contributed by atoms with E-state index in [0.717, 1.165) is 23.1 Å². The van der Waals surface area contributed by atoms with Gasteiger partial charge in [0.25, 0.3) is 5.91 Å². The van der Waals surface area contributed by atoms with E-state index in [1.54, 1.807) is 17.0 Å². The Morgan fingerprint density at radius 1 is 0.917 bits per heavy atom. The van der Waals surface area contributed by atoms with Crippen molar-refractivity contribution in [3.8, 4) is 5.75 Å². The van der Waals surface area contributed by atoms with Crippen LogP contribution in [0.5, 0.6) is 5.75 Å². The highest BCUT2D eigenvalue weighted by atomic mass is 19.1. The van der Waals surface area contributed by atoms with E-state index in [9.17, 15) is 14.0 Å². The standard InChI is InChI=1S/C30H35FN2O3/c1-4-18-32-30(35)27(19-23-10-6-5-7-11-23)33(20-24-14-16-25(31)17-15-24)29(34)21-36-28-13-9-8-12-26(28)22(2)3/h5-17,22,27H,4,18-21H2,1-3H3,(H,32,35)/t27-/m1/s1. The van der Waals surface area contributed by atoms with Crippen molar-refractivity contribution in [2.75, 3.05) is 13.2 Å². The normalized spacial score (nSPS) is 11.7. The Hall–Kier alpha value is -3.67. The maximum atomic E-state index is 13.6. The van der Waals surface area contributed by atoms with Crippen LogP contribution in [0.3, 0.4) is 0 Å². The van der Waals surface area contributed by atoms with Crippen molar-refractivity contribution in [3.63, 3.8) is 0 Å². The highest BCUT2D eigenvalue weighted by molar-refractivity contribution is 5.88. The lowest BCUT2D eigenvalue weighted by Crippen LogP contribution is -2.51. The number of amides is 2. The summed E-state index contributed by atoms with van der Waals surface area (Å²) in [6, 6.07) is 22.5. The van der Waals surface area contributed by atoms with Gasteiger partial charge in [-0.3, -0.25) is 9.59 Å². The van der Waals surface area contributed by atoms with E-state index in [1.165, 1.54) is 12.1 Å². The molecular weight excluding hydrogens is 455 g/mol. The number of hydrogen-bond donors (Lipinski definition) is 1. The van der Waals surface area contributed by atoms with E-state index in [2.05, 4.69) is 19.2 Å². The average molecular weight is 491 g/mol. The zero-order valence-electron chi connectivity index (χ0n) is 21.2. The lowest BCUT2D eigenvalue weighted by atomic mass is 10.0. The lowest BCUT2D eigenvalue weighted by molar-refractivity contribution is -0.142. The molecule has 2 amide bonds. The molecule has 0 aliphatic carbocycles. The molecule has 0 saturated heterocycles. The van der Waals surface area contributed by atoms with Gasteiger partial charge in [-0.1, -0.05) is 81.4 Å².